The quantitative estimate of drug-likeness (QED) is 0.746. The second kappa shape index (κ2) is 5.63. The fourth-order valence-corrected chi connectivity index (χ4v) is 3.39. The first-order valence-corrected chi connectivity index (χ1v) is 7.30. The zero-order valence-electron chi connectivity index (χ0n) is 11.7. The van der Waals surface area contributed by atoms with Crippen LogP contribution in [0.4, 0.5) is 0 Å². The van der Waals surface area contributed by atoms with E-state index in [-0.39, 0.29) is 5.41 Å². The standard InChI is InChI=1S/C16H23ClO/c1-12-8-13(2)15(14(3)9-12)10-16(11-17)4-6-18-7-5-16/h8-9H,4-7,10-11H2,1-3H3. The van der Waals surface area contributed by atoms with Crippen molar-refractivity contribution in [3.8, 4) is 0 Å². The second-order valence-electron chi connectivity index (χ2n) is 5.80. The van der Waals surface area contributed by atoms with Crippen molar-refractivity contribution < 1.29 is 4.74 Å². The summed E-state index contributed by atoms with van der Waals surface area (Å²) < 4.78 is 5.49. The number of aryl methyl sites for hydroxylation is 3. The van der Waals surface area contributed by atoms with Crippen LogP contribution in [0.25, 0.3) is 0 Å². The summed E-state index contributed by atoms with van der Waals surface area (Å²) in [6.45, 7) is 8.32. The maximum absolute atomic E-state index is 6.27. The summed E-state index contributed by atoms with van der Waals surface area (Å²) in [5.74, 6) is 0.739. The molecule has 0 radical (unpaired) electrons. The van der Waals surface area contributed by atoms with Gasteiger partial charge in [0.1, 0.15) is 0 Å². The minimum Gasteiger partial charge on any atom is -0.381 e. The van der Waals surface area contributed by atoms with Crippen LogP contribution in [-0.4, -0.2) is 19.1 Å². The van der Waals surface area contributed by atoms with Gasteiger partial charge in [-0.2, -0.15) is 0 Å². The van der Waals surface area contributed by atoms with E-state index in [4.69, 9.17) is 16.3 Å². The number of alkyl halides is 1. The first kappa shape index (κ1) is 13.9. The Hall–Kier alpha value is -0.530. The summed E-state index contributed by atoms with van der Waals surface area (Å²) in [7, 11) is 0. The van der Waals surface area contributed by atoms with Crippen molar-refractivity contribution >= 4 is 11.6 Å². The molecule has 0 amide bonds. The molecule has 1 aliphatic heterocycles. The maximum atomic E-state index is 6.27. The minimum atomic E-state index is 0.241. The topological polar surface area (TPSA) is 9.23 Å². The number of hydrogen-bond acceptors (Lipinski definition) is 1. The summed E-state index contributed by atoms with van der Waals surface area (Å²) in [6, 6.07) is 4.56. The highest BCUT2D eigenvalue weighted by molar-refractivity contribution is 6.18. The lowest BCUT2D eigenvalue weighted by Gasteiger charge is -2.36. The maximum Gasteiger partial charge on any atom is 0.0471 e. The lowest BCUT2D eigenvalue weighted by Crippen LogP contribution is -2.33. The van der Waals surface area contributed by atoms with Crippen LogP contribution in [-0.2, 0) is 11.2 Å². The van der Waals surface area contributed by atoms with Gasteiger partial charge in [0.05, 0.1) is 0 Å². The van der Waals surface area contributed by atoms with Crippen molar-refractivity contribution in [1.82, 2.24) is 0 Å². The molecule has 1 saturated heterocycles. The van der Waals surface area contributed by atoms with Gasteiger partial charge in [-0.05, 0) is 62.1 Å². The summed E-state index contributed by atoms with van der Waals surface area (Å²) >= 11 is 6.27. The third-order valence-corrected chi connectivity index (χ3v) is 4.80. The Balaban J connectivity index is 2.27. The van der Waals surface area contributed by atoms with Crippen LogP contribution in [0.1, 0.15) is 35.1 Å². The van der Waals surface area contributed by atoms with Crippen molar-refractivity contribution in [1.29, 1.82) is 0 Å². The molecule has 1 aromatic carbocycles. The van der Waals surface area contributed by atoms with Gasteiger partial charge in [0, 0.05) is 19.1 Å². The lowest BCUT2D eigenvalue weighted by molar-refractivity contribution is 0.0256. The van der Waals surface area contributed by atoms with Crippen molar-refractivity contribution in [2.75, 3.05) is 19.1 Å². The molecule has 18 heavy (non-hydrogen) atoms. The van der Waals surface area contributed by atoms with E-state index in [1.54, 1.807) is 0 Å². The fraction of sp³-hybridized carbons (Fsp3) is 0.625. The Morgan fingerprint density at radius 2 is 1.67 bits per heavy atom. The molecule has 2 heteroatoms. The molecule has 0 N–H and O–H groups in total. The van der Waals surface area contributed by atoms with Crippen LogP contribution >= 0.6 is 11.6 Å². The molecule has 0 aliphatic carbocycles. The molecule has 1 nitrogen and oxygen atoms in total. The summed E-state index contributed by atoms with van der Waals surface area (Å²) in [4.78, 5) is 0. The van der Waals surface area contributed by atoms with Gasteiger partial charge in [-0.1, -0.05) is 17.7 Å². The molecule has 1 heterocycles. The van der Waals surface area contributed by atoms with E-state index in [2.05, 4.69) is 32.9 Å². The van der Waals surface area contributed by atoms with Crippen LogP contribution in [0.3, 0.4) is 0 Å². The predicted molar refractivity (Wildman–Crippen MR) is 77.6 cm³/mol. The summed E-state index contributed by atoms with van der Waals surface area (Å²) in [6.07, 6.45) is 3.27. The van der Waals surface area contributed by atoms with Crippen molar-refractivity contribution in [3.05, 3.63) is 34.4 Å². The number of halogens is 1. The molecule has 0 spiro atoms. The number of rotatable bonds is 3. The molecule has 1 fully saturated rings. The largest absolute Gasteiger partial charge is 0.381 e. The number of hydrogen-bond donors (Lipinski definition) is 0. The molecule has 0 aromatic heterocycles. The SMILES string of the molecule is Cc1cc(C)c(CC2(CCl)CCOCC2)c(C)c1. The predicted octanol–water partition coefficient (Wildman–Crippen LogP) is 4.19. The van der Waals surface area contributed by atoms with Gasteiger partial charge < -0.3 is 4.74 Å². The van der Waals surface area contributed by atoms with Gasteiger partial charge in [-0.25, -0.2) is 0 Å². The van der Waals surface area contributed by atoms with Crippen LogP contribution in [0.5, 0.6) is 0 Å². The second-order valence-corrected chi connectivity index (χ2v) is 6.07. The lowest BCUT2D eigenvalue weighted by atomic mass is 9.75. The summed E-state index contributed by atoms with van der Waals surface area (Å²) in [5, 5.41) is 0. The van der Waals surface area contributed by atoms with Crippen LogP contribution in [0, 0.1) is 26.2 Å². The zero-order valence-corrected chi connectivity index (χ0v) is 12.4. The zero-order chi connectivity index (χ0) is 13.2. The van der Waals surface area contributed by atoms with Crippen molar-refractivity contribution in [2.24, 2.45) is 5.41 Å². The molecule has 0 saturated carbocycles. The van der Waals surface area contributed by atoms with E-state index < -0.39 is 0 Å². The Labute approximate surface area is 115 Å². The van der Waals surface area contributed by atoms with E-state index in [0.717, 1.165) is 38.4 Å². The highest BCUT2D eigenvalue weighted by Crippen LogP contribution is 2.37. The third kappa shape index (κ3) is 2.89. The van der Waals surface area contributed by atoms with Gasteiger partial charge >= 0.3 is 0 Å². The average Bonchev–Trinajstić information content (AvgIpc) is 2.35. The van der Waals surface area contributed by atoms with E-state index >= 15 is 0 Å². The number of ether oxygens (including phenoxy) is 1. The Morgan fingerprint density at radius 1 is 1.11 bits per heavy atom. The number of benzene rings is 1. The van der Waals surface area contributed by atoms with Gasteiger partial charge in [-0.3, -0.25) is 0 Å². The van der Waals surface area contributed by atoms with Crippen LogP contribution < -0.4 is 0 Å². The normalized spacial score (nSPS) is 18.9. The highest BCUT2D eigenvalue weighted by atomic mass is 35.5. The van der Waals surface area contributed by atoms with E-state index in [9.17, 15) is 0 Å². The molecule has 0 unspecified atom stereocenters. The average molecular weight is 267 g/mol. The van der Waals surface area contributed by atoms with E-state index in [0.29, 0.717) is 0 Å². The Bertz CT molecular complexity index is 396. The van der Waals surface area contributed by atoms with Crippen LogP contribution in [0.15, 0.2) is 12.1 Å². The molecule has 100 valence electrons. The monoisotopic (exact) mass is 266 g/mol. The molecule has 2 rings (SSSR count). The molecule has 1 aromatic rings. The van der Waals surface area contributed by atoms with Gasteiger partial charge in [0.2, 0.25) is 0 Å². The fourth-order valence-electron chi connectivity index (χ4n) is 3.03. The molecule has 1 aliphatic rings. The Morgan fingerprint density at radius 3 is 2.17 bits per heavy atom. The van der Waals surface area contributed by atoms with Crippen molar-refractivity contribution in [2.45, 2.75) is 40.0 Å². The molecular weight excluding hydrogens is 244 g/mol. The van der Waals surface area contributed by atoms with E-state index in [1.165, 1.54) is 22.3 Å². The molecule has 0 atom stereocenters. The molecular formula is C16H23ClO. The first-order chi connectivity index (χ1) is 8.56. The molecule has 0 bridgehead atoms. The van der Waals surface area contributed by atoms with Crippen molar-refractivity contribution in [3.63, 3.8) is 0 Å². The van der Waals surface area contributed by atoms with Gasteiger partial charge in [0.15, 0.2) is 0 Å². The summed E-state index contributed by atoms with van der Waals surface area (Å²) in [5.41, 5.74) is 5.89. The van der Waals surface area contributed by atoms with E-state index in [1.807, 2.05) is 0 Å². The smallest absolute Gasteiger partial charge is 0.0471 e. The minimum absolute atomic E-state index is 0.241. The Kier molecular flexibility index (Phi) is 4.34. The van der Waals surface area contributed by atoms with Gasteiger partial charge in [0.25, 0.3) is 0 Å². The van der Waals surface area contributed by atoms with Crippen LogP contribution in [0.2, 0.25) is 0 Å². The highest BCUT2D eigenvalue weighted by Gasteiger charge is 2.32. The first-order valence-electron chi connectivity index (χ1n) is 6.77. The van der Waals surface area contributed by atoms with Gasteiger partial charge in [-0.15, -0.1) is 11.6 Å². The third-order valence-electron chi connectivity index (χ3n) is 4.23.